The first-order valence-corrected chi connectivity index (χ1v) is 6.37. The van der Waals surface area contributed by atoms with E-state index in [1.54, 1.807) is 0 Å². The summed E-state index contributed by atoms with van der Waals surface area (Å²) in [7, 11) is 0. The van der Waals surface area contributed by atoms with Crippen LogP contribution in [0.2, 0.25) is 5.02 Å². The second-order valence-electron chi connectivity index (χ2n) is 3.93. The number of hydrogen-bond donors (Lipinski definition) is 1. The number of nitrogens with zero attached hydrogens (tertiary/aromatic N) is 2. The van der Waals surface area contributed by atoms with Gasteiger partial charge in [0, 0.05) is 23.9 Å². The molecule has 1 aromatic carbocycles. The fourth-order valence-corrected chi connectivity index (χ4v) is 2.63. The maximum absolute atomic E-state index is 11.7. The molecule has 1 atom stereocenters. The van der Waals surface area contributed by atoms with Crippen LogP contribution in [0.1, 0.15) is 6.42 Å². The Morgan fingerprint density at radius 2 is 2.22 bits per heavy atom. The summed E-state index contributed by atoms with van der Waals surface area (Å²) in [6.07, 6.45) is 0.369. The lowest BCUT2D eigenvalue weighted by atomic mass is 10.2. The molecule has 2 rings (SSSR count). The first-order chi connectivity index (χ1) is 8.40. The molecule has 1 aliphatic rings. The fraction of sp³-hybridized carbons (Fsp3) is 0.300. The highest BCUT2D eigenvalue weighted by Crippen LogP contribution is 2.37. The number of nitrogens with two attached hydrogens (primary N) is 1. The third-order valence-electron chi connectivity index (χ3n) is 2.66. The molecular weight excluding hydrogens is 325 g/mol. The molecule has 1 saturated heterocycles. The van der Waals surface area contributed by atoms with Crippen molar-refractivity contribution in [1.29, 1.82) is 0 Å². The third-order valence-corrected chi connectivity index (χ3v) is 3.58. The van der Waals surface area contributed by atoms with Crippen LogP contribution in [0.4, 0.5) is 17.1 Å². The SMILES string of the molecule is Nc1cc([N+](=O)[O-])c(Cl)cc1N1CC(Br)CC1=O. The minimum atomic E-state index is -0.610. The summed E-state index contributed by atoms with van der Waals surface area (Å²) in [5.74, 6) is -0.0894. The number of nitrogen functional groups attached to an aromatic ring is 1. The number of nitro groups is 1. The largest absolute Gasteiger partial charge is 0.397 e. The van der Waals surface area contributed by atoms with Gasteiger partial charge in [-0.2, -0.15) is 0 Å². The topological polar surface area (TPSA) is 89.5 Å². The summed E-state index contributed by atoms with van der Waals surface area (Å²) in [5.41, 5.74) is 6.06. The van der Waals surface area contributed by atoms with E-state index in [9.17, 15) is 14.9 Å². The first-order valence-electron chi connectivity index (χ1n) is 5.08. The van der Waals surface area contributed by atoms with Crippen molar-refractivity contribution in [1.82, 2.24) is 0 Å². The fourth-order valence-electron chi connectivity index (χ4n) is 1.84. The van der Waals surface area contributed by atoms with Gasteiger partial charge in [0.15, 0.2) is 0 Å². The normalized spacial score (nSPS) is 19.3. The van der Waals surface area contributed by atoms with E-state index in [1.165, 1.54) is 17.0 Å². The molecule has 0 spiro atoms. The van der Waals surface area contributed by atoms with Crippen LogP contribution >= 0.6 is 27.5 Å². The molecule has 96 valence electrons. The van der Waals surface area contributed by atoms with Crippen molar-refractivity contribution in [3.63, 3.8) is 0 Å². The minimum absolute atomic E-state index is 0.0324. The second kappa shape index (κ2) is 4.74. The van der Waals surface area contributed by atoms with Crippen molar-refractivity contribution in [3.8, 4) is 0 Å². The average Bonchev–Trinajstić information content (AvgIpc) is 2.60. The predicted molar refractivity (Wildman–Crippen MR) is 72.2 cm³/mol. The van der Waals surface area contributed by atoms with E-state index in [1.807, 2.05) is 0 Å². The van der Waals surface area contributed by atoms with Gasteiger partial charge in [0.1, 0.15) is 5.02 Å². The Kier molecular flexibility index (Phi) is 3.45. The van der Waals surface area contributed by atoms with Crippen LogP contribution in [-0.4, -0.2) is 22.2 Å². The zero-order valence-electron chi connectivity index (χ0n) is 9.10. The summed E-state index contributed by atoms with van der Waals surface area (Å²) in [4.78, 5) is 23.4. The standard InChI is InChI=1S/C10H9BrClN3O3/c11-5-1-10(16)14(4-5)9-2-6(12)8(15(17)18)3-7(9)13/h2-3,5H,1,4,13H2. The van der Waals surface area contributed by atoms with E-state index in [-0.39, 0.29) is 27.1 Å². The van der Waals surface area contributed by atoms with E-state index < -0.39 is 4.92 Å². The molecule has 8 heteroatoms. The number of rotatable bonds is 2. The van der Waals surface area contributed by atoms with Gasteiger partial charge < -0.3 is 10.6 Å². The number of amides is 1. The average molecular weight is 335 g/mol. The van der Waals surface area contributed by atoms with E-state index in [0.29, 0.717) is 18.7 Å². The molecule has 1 amide bonds. The molecule has 1 unspecified atom stereocenters. The number of benzene rings is 1. The molecule has 0 saturated carbocycles. The molecule has 0 bridgehead atoms. The number of anilines is 2. The van der Waals surface area contributed by atoms with Crippen molar-refractivity contribution in [3.05, 3.63) is 27.3 Å². The summed E-state index contributed by atoms with van der Waals surface area (Å²) in [6.45, 7) is 0.469. The van der Waals surface area contributed by atoms with E-state index in [4.69, 9.17) is 17.3 Å². The molecule has 2 N–H and O–H groups in total. The third kappa shape index (κ3) is 2.28. The maximum atomic E-state index is 11.7. The Balaban J connectivity index is 2.44. The van der Waals surface area contributed by atoms with Gasteiger partial charge >= 0.3 is 0 Å². The summed E-state index contributed by atoms with van der Waals surface area (Å²) in [6, 6.07) is 2.53. The lowest BCUT2D eigenvalue weighted by Crippen LogP contribution is -2.25. The molecule has 1 heterocycles. The van der Waals surface area contributed by atoms with Crippen molar-refractivity contribution in [2.75, 3.05) is 17.2 Å². The molecule has 1 aromatic rings. The first kappa shape index (κ1) is 13.1. The van der Waals surface area contributed by atoms with Gasteiger partial charge in [-0.15, -0.1) is 0 Å². The van der Waals surface area contributed by atoms with Gasteiger partial charge in [0.2, 0.25) is 5.91 Å². The quantitative estimate of drug-likeness (QED) is 0.389. The van der Waals surface area contributed by atoms with Gasteiger partial charge in [-0.25, -0.2) is 0 Å². The number of alkyl halides is 1. The number of carbonyl (C=O) groups excluding carboxylic acids is 1. The number of nitro benzene ring substituents is 1. The van der Waals surface area contributed by atoms with E-state index >= 15 is 0 Å². The molecule has 0 aromatic heterocycles. The smallest absolute Gasteiger partial charge is 0.290 e. The Bertz CT molecular complexity index is 537. The number of carbonyl (C=O) groups is 1. The zero-order chi connectivity index (χ0) is 13.4. The zero-order valence-corrected chi connectivity index (χ0v) is 11.4. The van der Waals surface area contributed by atoms with Crippen molar-refractivity contribution < 1.29 is 9.72 Å². The molecule has 0 radical (unpaired) electrons. The van der Waals surface area contributed by atoms with Crippen LogP contribution in [0.15, 0.2) is 12.1 Å². The van der Waals surface area contributed by atoms with Gasteiger partial charge in [-0.05, 0) is 6.07 Å². The maximum Gasteiger partial charge on any atom is 0.290 e. The van der Waals surface area contributed by atoms with Crippen LogP contribution in [0.3, 0.4) is 0 Å². The summed E-state index contributed by atoms with van der Waals surface area (Å²) < 4.78 is 0. The Morgan fingerprint density at radius 3 is 2.72 bits per heavy atom. The molecule has 1 fully saturated rings. The summed E-state index contributed by atoms with van der Waals surface area (Å²) in [5, 5.41) is 10.7. The van der Waals surface area contributed by atoms with Crippen LogP contribution in [0.25, 0.3) is 0 Å². The lowest BCUT2D eigenvalue weighted by Gasteiger charge is -2.18. The Morgan fingerprint density at radius 1 is 1.56 bits per heavy atom. The number of hydrogen-bond acceptors (Lipinski definition) is 4. The molecular formula is C10H9BrClN3O3. The predicted octanol–water partition coefficient (Wildman–Crippen LogP) is 2.33. The van der Waals surface area contributed by atoms with Crippen molar-refractivity contribution in [2.45, 2.75) is 11.2 Å². The van der Waals surface area contributed by atoms with Crippen molar-refractivity contribution >= 4 is 50.5 Å². The molecule has 1 aliphatic heterocycles. The van der Waals surface area contributed by atoms with Gasteiger partial charge in [0.25, 0.3) is 5.69 Å². The van der Waals surface area contributed by atoms with Crippen LogP contribution < -0.4 is 10.6 Å². The highest BCUT2D eigenvalue weighted by atomic mass is 79.9. The molecule has 0 aliphatic carbocycles. The monoisotopic (exact) mass is 333 g/mol. The number of halogens is 2. The Hall–Kier alpha value is -1.34. The van der Waals surface area contributed by atoms with Gasteiger partial charge in [-0.3, -0.25) is 14.9 Å². The highest BCUT2D eigenvalue weighted by Gasteiger charge is 2.31. The van der Waals surface area contributed by atoms with Crippen LogP contribution in [0, 0.1) is 10.1 Å². The van der Waals surface area contributed by atoms with E-state index in [0.717, 1.165) is 0 Å². The summed E-state index contributed by atoms with van der Waals surface area (Å²) >= 11 is 9.16. The Labute approximate surface area is 116 Å². The van der Waals surface area contributed by atoms with Crippen molar-refractivity contribution in [2.24, 2.45) is 0 Å². The van der Waals surface area contributed by atoms with Crippen LogP contribution in [0.5, 0.6) is 0 Å². The lowest BCUT2D eigenvalue weighted by molar-refractivity contribution is -0.384. The molecule has 6 nitrogen and oxygen atoms in total. The van der Waals surface area contributed by atoms with E-state index in [2.05, 4.69) is 15.9 Å². The van der Waals surface area contributed by atoms with Crippen LogP contribution in [-0.2, 0) is 4.79 Å². The van der Waals surface area contributed by atoms with Gasteiger partial charge in [-0.1, -0.05) is 27.5 Å². The highest BCUT2D eigenvalue weighted by molar-refractivity contribution is 9.09. The van der Waals surface area contributed by atoms with Gasteiger partial charge in [0.05, 0.1) is 16.3 Å². The second-order valence-corrected chi connectivity index (χ2v) is 5.63. The molecule has 18 heavy (non-hydrogen) atoms. The minimum Gasteiger partial charge on any atom is -0.397 e.